The Morgan fingerprint density at radius 1 is 0.643 bits per heavy atom. The largest absolute Gasteiger partial charge is 0.479 e. The lowest BCUT2D eigenvalue weighted by molar-refractivity contribution is -0.210. The van der Waals surface area contributed by atoms with Gasteiger partial charge in [-0.05, 0) is 49.7 Å². The zero-order valence-corrected chi connectivity index (χ0v) is 15.6. The van der Waals surface area contributed by atoms with Gasteiger partial charge in [0.25, 0.3) is 0 Å². The molecule has 0 bridgehead atoms. The highest BCUT2D eigenvalue weighted by Gasteiger charge is 2.59. The van der Waals surface area contributed by atoms with E-state index in [1.165, 1.54) is 0 Å². The van der Waals surface area contributed by atoms with Crippen LogP contribution in [-0.4, -0.2) is 43.6 Å². The van der Waals surface area contributed by atoms with Gasteiger partial charge < -0.3 is 20.4 Å². The van der Waals surface area contributed by atoms with Gasteiger partial charge in [0, 0.05) is 0 Å². The van der Waals surface area contributed by atoms with Crippen LogP contribution in [-0.2, 0) is 22.4 Å². The predicted molar refractivity (Wildman–Crippen MR) is 104 cm³/mol. The summed E-state index contributed by atoms with van der Waals surface area (Å²) in [5.41, 5.74) is -3.66. The molecule has 0 aliphatic rings. The van der Waals surface area contributed by atoms with Gasteiger partial charge in [-0.1, -0.05) is 60.7 Å². The van der Waals surface area contributed by atoms with Gasteiger partial charge in [-0.25, -0.2) is 9.59 Å². The van der Waals surface area contributed by atoms with Crippen molar-refractivity contribution < 1.29 is 30.0 Å². The van der Waals surface area contributed by atoms with Crippen molar-refractivity contribution in [3.8, 4) is 0 Å². The van der Waals surface area contributed by atoms with E-state index in [1.54, 1.807) is 0 Å². The van der Waals surface area contributed by atoms with E-state index >= 15 is 0 Å². The third-order valence-electron chi connectivity index (χ3n) is 5.09. The maximum absolute atomic E-state index is 11.8. The molecule has 0 radical (unpaired) electrons. The summed E-state index contributed by atoms with van der Waals surface area (Å²) in [5, 5.41) is 40.6. The smallest absolute Gasteiger partial charge is 0.339 e. The van der Waals surface area contributed by atoms with Crippen molar-refractivity contribution in [2.45, 2.75) is 49.7 Å². The number of hydrogen-bond acceptors (Lipinski definition) is 4. The normalized spacial score (nSPS) is 15.4. The monoisotopic (exact) mass is 386 g/mol. The Labute approximate surface area is 164 Å². The highest BCUT2D eigenvalue weighted by molar-refractivity contribution is 5.90. The van der Waals surface area contributed by atoms with E-state index in [0.717, 1.165) is 11.1 Å². The van der Waals surface area contributed by atoms with Crippen LogP contribution in [0, 0.1) is 0 Å². The van der Waals surface area contributed by atoms with Crippen LogP contribution in [0.5, 0.6) is 0 Å². The quantitative estimate of drug-likeness (QED) is 0.472. The second-order valence-corrected chi connectivity index (χ2v) is 7.01. The molecule has 0 saturated heterocycles. The maximum Gasteiger partial charge on any atom is 0.339 e. The molecule has 28 heavy (non-hydrogen) atoms. The van der Waals surface area contributed by atoms with E-state index in [-0.39, 0.29) is 25.7 Å². The third kappa shape index (κ3) is 4.97. The van der Waals surface area contributed by atoms with Gasteiger partial charge in [0.15, 0.2) is 0 Å². The molecule has 0 fully saturated rings. The van der Waals surface area contributed by atoms with Crippen molar-refractivity contribution in [3.63, 3.8) is 0 Å². The predicted octanol–water partition coefficient (Wildman–Crippen LogP) is 2.66. The summed E-state index contributed by atoms with van der Waals surface area (Å²) in [6.45, 7) is 0. The van der Waals surface area contributed by atoms with E-state index < -0.39 is 23.1 Å². The summed E-state index contributed by atoms with van der Waals surface area (Å²) < 4.78 is 0. The topological polar surface area (TPSA) is 115 Å². The Morgan fingerprint density at radius 3 is 1.25 bits per heavy atom. The van der Waals surface area contributed by atoms with Crippen molar-refractivity contribution in [1.29, 1.82) is 0 Å². The lowest BCUT2D eigenvalue weighted by Crippen LogP contribution is -2.63. The summed E-state index contributed by atoms with van der Waals surface area (Å²) in [7, 11) is 0. The lowest BCUT2D eigenvalue weighted by Gasteiger charge is -2.37. The molecule has 0 aromatic heterocycles. The van der Waals surface area contributed by atoms with Gasteiger partial charge in [-0.15, -0.1) is 0 Å². The molecule has 0 heterocycles. The number of aliphatic hydroxyl groups is 2. The average molecular weight is 386 g/mol. The molecular weight excluding hydrogens is 360 g/mol. The van der Waals surface area contributed by atoms with Crippen molar-refractivity contribution in [2.24, 2.45) is 0 Å². The fourth-order valence-electron chi connectivity index (χ4n) is 3.37. The van der Waals surface area contributed by atoms with E-state index in [1.807, 2.05) is 60.7 Å². The molecule has 0 unspecified atom stereocenters. The van der Waals surface area contributed by atoms with Crippen LogP contribution in [0.3, 0.4) is 0 Å². The molecule has 0 saturated carbocycles. The summed E-state index contributed by atoms with van der Waals surface area (Å²) in [5.74, 6) is -3.46. The van der Waals surface area contributed by atoms with Gasteiger partial charge in [-0.2, -0.15) is 0 Å². The molecule has 0 amide bonds. The Balaban J connectivity index is 2.09. The molecule has 0 aliphatic carbocycles. The van der Waals surface area contributed by atoms with E-state index in [2.05, 4.69) is 0 Å². The van der Waals surface area contributed by atoms with Gasteiger partial charge in [0.1, 0.15) is 0 Å². The molecule has 2 aromatic carbocycles. The van der Waals surface area contributed by atoms with Crippen LogP contribution < -0.4 is 0 Å². The van der Waals surface area contributed by atoms with Crippen molar-refractivity contribution >= 4 is 11.9 Å². The van der Waals surface area contributed by atoms with Crippen LogP contribution in [0.15, 0.2) is 60.7 Å². The number of carbonyl (C=O) groups is 2. The standard InChI is InChI=1S/C22H26O6/c23-19(24)21(27,15-7-13-17-9-3-1-4-10-17)22(28,20(25)26)16-8-14-18-11-5-2-6-12-18/h1-6,9-12,27-28H,7-8,13-16H2,(H,23,24)(H,25,26)/t21-,22-/m0/s1. The van der Waals surface area contributed by atoms with Gasteiger partial charge in [0.2, 0.25) is 11.2 Å². The minimum Gasteiger partial charge on any atom is -0.479 e. The molecule has 0 spiro atoms. The van der Waals surface area contributed by atoms with Crippen LogP contribution in [0.4, 0.5) is 0 Å². The maximum atomic E-state index is 11.8. The Morgan fingerprint density at radius 2 is 0.964 bits per heavy atom. The van der Waals surface area contributed by atoms with Crippen LogP contribution >= 0.6 is 0 Å². The first-order valence-electron chi connectivity index (χ1n) is 9.29. The Bertz CT molecular complexity index is 709. The van der Waals surface area contributed by atoms with Crippen molar-refractivity contribution in [3.05, 3.63) is 71.8 Å². The zero-order valence-electron chi connectivity index (χ0n) is 15.6. The van der Waals surface area contributed by atoms with Crippen LogP contribution in [0.25, 0.3) is 0 Å². The van der Waals surface area contributed by atoms with Crippen LogP contribution in [0.1, 0.15) is 36.8 Å². The van der Waals surface area contributed by atoms with E-state index in [9.17, 15) is 30.0 Å². The lowest BCUT2D eigenvalue weighted by atomic mass is 9.75. The summed E-state index contributed by atoms with van der Waals surface area (Å²) >= 11 is 0. The summed E-state index contributed by atoms with van der Waals surface area (Å²) in [6, 6.07) is 18.5. The van der Waals surface area contributed by atoms with Crippen molar-refractivity contribution in [2.75, 3.05) is 0 Å². The molecule has 2 rings (SSSR count). The molecular formula is C22H26O6. The van der Waals surface area contributed by atoms with E-state index in [4.69, 9.17) is 0 Å². The molecule has 4 N–H and O–H groups in total. The summed E-state index contributed by atoms with van der Waals surface area (Å²) in [4.78, 5) is 23.5. The first-order chi connectivity index (χ1) is 13.3. The molecule has 2 atom stereocenters. The van der Waals surface area contributed by atoms with Crippen molar-refractivity contribution in [1.82, 2.24) is 0 Å². The number of carboxylic acid groups (broad SMARTS) is 2. The minimum atomic E-state index is -2.77. The second-order valence-electron chi connectivity index (χ2n) is 7.01. The highest BCUT2D eigenvalue weighted by atomic mass is 16.5. The highest BCUT2D eigenvalue weighted by Crippen LogP contribution is 2.33. The van der Waals surface area contributed by atoms with Gasteiger partial charge in [-0.3, -0.25) is 0 Å². The number of rotatable bonds is 11. The van der Waals surface area contributed by atoms with Gasteiger partial charge >= 0.3 is 11.9 Å². The molecule has 2 aromatic rings. The minimum absolute atomic E-state index is 0.223. The molecule has 150 valence electrons. The number of benzene rings is 2. The number of aliphatic carboxylic acids is 2. The zero-order chi connectivity index (χ0) is 20.6. The molecule has 6 heteroatoms. The van der Waals surface area contributed by atoms with E-state index in [0.29, 0.717) is 12.8 Å². The summed E-state index contributed by atoms with van der Waals surface area (Å²) in [6.07, 6.45) is 0.644. The number of carboxylic acids is 2. The average Bonchev–Trinajstić information content (AvgIpc) is 2.69. The number of aryl methyl sites for hydroxylation is 2. The SMILES string of the molecule is O=C(O)[C@@](O)(CCCc1ccccc1)[C@](O)(CCCc1ccccc1)C(=O)O. The second kappa shape index (κ2) is 9.48. The fourth-order valence-corrected chi connectivity index (χ4v) is 3.37. The molecule has 6 nitrogen and oxygen atoms in total. The molecule has 0 aliphatic heterocycles. The number of hydrogen-bond donors (Lipinski definition) is 4. The van der Waals surface area contributed by atoms with Crippen LogP contribution in [0.2, 0.25) is 0 Å². The third-order valence-corrected chi connectivity index (χ3v) is 5.09. The fraction of sp³-hybridized carbons (Fsp3) is 0.364. The first-order valence-corrected chi connectivity index (χ1v) is 9.29. The van der Waals surface area contributed by atoms with Gasteiger partial charge in [0.05, 0.1) is 0 Å². The Hall–Kier alpha value is -2.70. The Kier molecular flexibility index (Phi) is 7.31. The first kappa shape index (κ1) is 21.6.